The first kappa shape index (κ1) is 28.7. The highest BCUT2D eigenvalue weighted by atomic mass is 28.3. The van der Waals surface area contributed by atoms with Gasteiger partial charge in [-0.2, -0.15) is 0 Å². The van der Waals surface area contributed by atoms with Crippen molar-refractivity contribution in [2.45, 2.75) is 37.6 Å². The maximum atomic E-state index is 12.7. The van der Waals surface area contributed by atoms with Crippen molar-refractivity contribution in [3.63, 3.8) is 0 Å². The normalized spacial score (nSPS) is 12.4. The highest BCUT2D eigenvalue weighted by Gasteiger charge is 2.14. The van der Waals surface area contributed by atoms with Gasteiger partial charge in [0.05, 0.1) is 17.6 Å². The van der Waals surface area contributed by atoms with Crippen LogP contribution >= 0.6 is 0 Å². The number of carbonyl (C=O) groups excluding carboxylic acids is 2. The van der Waals surface area contributed by atoms with Crippen LogP contribution in [0.4, 0.5) is 11.4 Å². The lowest BCUT2D eigenvalue weighted by molar-refractivity contribution is 0.101. The summed E-state index contributed by atoms with van der Waals surface area (Å²) in [4.78, 5) is 25.4. The van der Waals surface area contributed by atoms with Crippen molar-refractivity contribution >= 4 is 40.8 Å². The molecule has 2 amide bonds. The minimum atomic E-state index is -1.02. The van der Waals surface area contributed by atoms with Crippen molar-refractivity contribution in [3.8, 4) is 11.5 Å². The molecular formula is C30H36N2O4Si2. The Morgan fingerprint density at radius 2 is 0.947 bits per heavy atom. The van der Waals surface area contributed by atoms with E-state index in [1.807, 2.05) is 36.4 Å². The van der Waals surface area contributed by atoms with Gasteiger partial charge in [-0.15, -0.1) is 0 Å². The van der Waals surface area contributed by atoms with E-state index in [1.165, 1.54) is 0 Å². The van der Waals surface area contributed by atoms with E-state index in [0.717, 1.165) is 11.5 Å². The van der Waals surface area contributed by atoms with Crippen LogP contribution in [0.5, 0.6) is 11.5 Å². The second kappa shape index (κ2) is 13.6. The third kappa shape index (κ3) is 8.06. The summed E-state index contributed by atoms with van der Waals surface area (Å²) < 4.78 is 11.9. The summed E-state index contributed by atoms with van der Waals surface area (Å²) in [6.07, 6.45) is 3.69. The lowest BCUT2D eigenvalue weighted by Crippen LogP contribution is -2.28. The van der Waals surface area contributed by atoms with Gasteiger partial charge in [-0.25, -0.2) is 0 Å². The molecule has 0 fully saturated rings. The molecule has 8 heteroatoms. The Kier molecular flexibility index (Phi) is 10.3. The number of carbonyl (C=O) groups is 2. The van der Waals surface area contributed by atoms with E-state index in [0.29, 0.717) is 22.5 Å². The molecule has 3 aromatic rings. The highest BCUT2D eigenvalue weighted by molar-refractivity contribution is 6.58. The average molecular weight is 545 g/mol. The molecule has 0 saturated carbocycles. The van der Waals surface area contributed by atoms with Gasteiger partial charge in [-0.3, -0.25) is 9.59 Å². The summed E-state index contributed by atoms with van der Waals surface area (Å²) >= 11 is 0. The molecule has 0 saturated heterocycles. The molecule has 0 aromatic heterocycles. The van der Waals surface area contributed by atoms with Gasteiger partial charge in [-0.05, 0) is 72.8 Å². The number of nitrogens with one attached hydrogen (secondary N) is 2. The summed E-state index contributed by atoms with van der Waals surface area (Å²) in [5.41, 5.74) is 2.33. The van der Waals surface area contributed by atoms with Gasteiger partial charge in [0.1, 0.15) is 23.0 Å². The molecular weight excluding hydrogens is 509 g/mol. The summed E-state index contributed by atoms with van der Waals surface area (Å²) in [6.45, 7) is 16.5. The maximum Gasteiger partial charge on any atom is 0.255 e. The van der Waals surface area contributed by atoms with Gasteiger partial charge in [0.2, 0.25) is 0 Å². The van der Waals surface area contributed by atoms with Crippen LogP contribution in [0.25, 0.3) is 0 Å². The van der Waals surface area contributed by atoms with E-state index in [9.17, 15) is 9.59 Å². The van der Waals surface area contributed by atoms with Crippen molar-refractivity contribution in [2.75, 3.05) is 10.6 Å². The summed E-state index contributed by atoms with van der Waals surface area (Å²) in [6, 6.07) is 21.1. The molecule has 0 heterocycles. The van der Waals surface area contributed by atoms with Crippen molar-refractivity contribution in [1.82, 2.24) is 0 Å². The standard InChI is InChI=1S/C30H36N2O4Si2/c1-7-27(37(3)4)35-25-17-13-23(14-18-25)31-29(33)21-9-11-22(12-10-21)30(34)32-24-15-19-26(20-16-24)36-28(8-2)38(5)6/h7-20,27-28,37-38H,1-2H2,3-6H3,(H,31,33)(H,32,34). The molecule has 3 aromatic carbocycles. The van der Waals surface area contributed by atoms with Crippen LogP contribution in [-0.2, 0) is 0 Å². The van der Waals surface area contributed by atoms with Gasteiger partial charge in [0, 0.05) is 22.5 Å². The van der Waals surface area contributed by atoms with Crippen LogP contribution in [0.15, 0.2) is 98.1 Å². The molecule has 0 spiro atoms. The molecule has 0 aliphatic carbocycles. The average Bonchev–Trinajstić information content (AvgIpc) is 2.91. The summed E-state index contributed by atoms with van der Waals surface area (Å²) in [5, 5.41) is 5.74. The van der Waals surface area contributed by atoms with E-state index >= 15 is 0 Å². The first-order chi connectivity index (χ1) is 18.2. The fourth-order valence-corrected chi connectivity index (χ4v) is 5.59. The monoisotopic (exact) mass is 544 g/mol. The van der Waals surface area contributed by atoms with Crippen LogP contribution in [0.1, 0.15) is 20.7 Å². The lowest BCUT2D eigenvalue weighted by Gasteiger charge is -2.18. The molecule has 2 N–H and O–H groups in total. The topological polar surface area (TPSA) is 76.7 Å². The zero-order valence-electron chi connectivity index (χ0n) is 22.4. The maximum absolute atomic E-state index is 12.7. The molecule has 198 valence electrons. The third-order valence-corrected chi connectivity index (χ3v) is 9.40. The van der Waals surface area contributed by atoms with Gasteiger partial charge < -0.3 is 20.1 Å². The summed E-state index contributed by atoms with van der Waals surface area (Å²) in [5.74, 6) is 0.957. The predicted molar refractivity (Wildman–Crippen MR) is 162 cm³/mol. The lowest BCUT2D eigenvalue weighted by atomic mass is 10.1. The van der Waals surface area contributed by atoms with E-state index in [2.05, 4.69) is 50.0 Å². The summed E-state index contributed by atoms with van der Waals surface area (Å²) in [7, 11) is -2.04. The van der Waals surface area contributed by atoms with Crippen LogP contribution in [0.3, 0.4) is 0 Å². The Balaban J connectivity index is 1.55. The molecule has 38 heavy (non-hydrogen) atoms. The van der Waals surface area contributed by atoms with Crippen LogP contribution in [0.2, 0.25) is 26.2 Å². The fourth-order valence-electron chi connectivity index (χ4n) is 3.64. The Morgan fingerprint density at radius 1 is 0.632 bits per heavy atom. The molecule has 2 atom stereocenters. The molecule has 0 aliphatic heterocycles. The van der Waals surface area contributed by atoms with Crippen molar-refractivity contribution in [3.05, 3.63) is 109 Å². The largest absolute Gasteiger partial charge is 0.491 e. The molecule has 3 rings (SSSR count). The fraction of sp³-hybridized carbons (Fsp3) is 0.200. The van der Waals surface area contributed by atoms with E-state index in [-0.39, 0.29) is 23.3 Å². The SMILES string of the molecule is C=CC(Oc1ccc(NC(=O)c2ccc(C(=O)Nc3ccc(OC(C=C)[SiH](C)C)cc3)cc2)cc1)[SiH](C)C. The van der Waals surface area contributed by atoms with E-state index in [1.54, 1.807) is 48.5 Å². The van der Waals surface area contributed by atoms with Crippen LogP contribution in [0, 0.1) is 0 Å². The second-order valence-corrected chi connectivity index (χ2v) is 15.9. The first-order valence-electron chi connectivity index (χ1n) is 12.7. The van der Waals surface area contributed by atoms with Crippen molar-refractivity contribution < 1.29 is 19.1 Å². The first-order valence-corrected chi connectivity index (χ1v) is 18.7. The quantitative estimate of drug-likeness (QED) is 0.213. The van der Waals surface area contributed by atoms with Crippen LogP contribution < -0.4 is 20.1 Å². The number of ether oxygens (including phenoxy) is 2. The molecule has 0 radical (unpaired) electrons. The number of hydrogen-bond donors (Lipinski definition) is 2. The predicted octanol–water partition coefficient (Wildman–Crippen LogP) is 6.11. The molecule has 2 unspecified atom stereocenters. The Morgan fingerprint density at radius 3 is 1.21 bits per heavy atom. The molecule has 0 bridgehead atoms. The second-order valence-electron chi connectivity index (χ2n) is 9.66. The Labute approximate surface area is 228 Å². The zero-order chi connectivity index (χ0) is 27.7. The van der Waals surface area contributed by atoms with Crippen LogP contribution in [-0.4, -0.2) is 40.9 Å². The molecule has 6 nitrogen and oxygen atoms in total. The van der Waals surface area contributed by atoms with Crippen molar-refractivity contribution in [1.29, 1.82) is 0 Å². The van der Waals surface area contributed by atoms with Gasteiger partial charge in [0.25, 0.3) is 11.8 Å². The zero-order valence-corrected chi connectivity index (χ0v) is 24.7. The number of hydrogen-bond acceptors (Lipinski definition) is 4. The minimum Gasteiger partial charge on any atom is -0.491 e. The van der Waals surface area contributed by atoms with Gasteiger partial charge in [-0.1, -0.05) is 51.5 Å². The smallest absolute Gasteiger partial charge is 0.255 e. The van der Waals surface area contributed by atoms with Gasteiger partial charge in [0.15, 0.2) is 0 Å². The molecule has 0 aliphatic rings. The van der Waals surface area contributed by atoms with Crippen molar-refractivity contribution in [2.24, 2.45) is 0 Å². The Bertz CT molecular complexity index is 1140. The van der Waals surface area contributed by atoms with E-state index < -0.39 is 17.6 Å². The Hall–Kier alpha value is -3.89. The third-order valence-electron chi connectivity index (χ3n) is 5.96. The van der Waals surface area contributed by atoms with Gasteiger partial charge >= 0.3 is 0 Å². The number of benzene rings is 3. The number of amides is 2. The van der Waals surface area contributed by atoms with E-state index in [4.69, 9.17) is 9.47 Å². The minimum absolute atomic E-state index is 0.0562. The number of rotatable bonds is 12. The highest BCUT2D eigenvalue weighted by Crippen LogP contribution is 2.20. The number of anilines is 2.